The van der Waals surface area contributed by atoms with Crippen LogP contribution in [0.4, 0.5) is 4.79 Å². The van der Waals surface area contributed by atoms with Crippen molar-refractivity contribution >= 4 is 17.8 Å². The van der Waals surface area contributed by atoms with E-state index in [4.69, 9.17) is 4.74 Å². The number of barbiturate groups is 1. The van der Waals surface area contributed by atoms with Gasteiger partial charge < -0.3 is 4.74 Å². The first-order valence-electron chi connectivity index (χ1n) is 6.23. The number of urea groups is 1. The summed E-state index contributed by atoms with van der Waals surface area (Å²) < 4.78 is 5.31. The van der Waals surface area contributed by atoms with Crippen LogP contribution in [-0.2, 0) is 14.3 Å². The zero-order chi connectivity index (χ0) is 13.7. The second kappa shape index (κ2) is 6.49. The fraction of sp³-hybridized carbons (Fsp3) is 0.750. The summed E-state index contributed by atoms with van der Waals surface area (Å²) in [5.74, 6) is -0.849. The van der Waals surface area contributed by atoms with E-state index in [0.29, 0.717) is 19.6 Å². The molecule has 0 aromatic heterocycles. The number of rotatable bonds is 6. The number of ether oxygens (including phenoxy) is 1. The van der Waals surface area contributed by atoms with Crippen LogP contribution in [0, 0.1) is 0 Å². The topological polar surface area (TPSA) is 66.9 Å². The van der Waals surface area contributed by atoms with Crippen molar-refractivity contribution in [3.05, 3.63) is 0 Å². The molecule has 0 saturated carbocycles. The number of hydrogen-bond acceptors (Lipinski definition) is 4. The summed E-state index contributed by atoms with van der Waals surface area (Å²) in [6.45, 7) is 6.49. The Kier molecular flexibility index (Phi) is 5.27. The van der Waals surface area contributed by atoms with Gasteiger partial charge in [0.25, 0.3) is 0 Å². The minimum atomic E-state index is -0.523. The highest BCUT2D eigenvalue weighted by molar-refractivity contribution is 6.14. The van der Waals surface area contributed by atoms with E-state index in [9.17, 15) is 14.4 Å². The molecule has 1 saturated heterocycles. The maximum absolute atomic E-state index is 12.0. The van der Waals surface area contributed by atoms with Gasteiger partial charge in [0.2, 0.25) is 11.8 Å². The van der Waals surface area contributed by atoms with Gasteiger partial charge in [0, 0.05) is 6.54 Å². The second-order valence-electron chi connectivity index (χ2n) is 4.47. The lowest BCUT2D eigenvalue weighted by Crippen LogP contribution is -2.55. The molecular weight excluding hydrogens is 236 g/mol. The molecule has 1 aliphatic heterocycles. The van der Waals surface area contributed by atoms with E-state index in [0.717, 1.165) is 9.80 Å². The Balaban J connectivity index is 2.62. The SMILES string of the molecule is CCCN1C(=O)CC(=O)N(CCOC(C)C)C1=O. The Morgan fingerprint density at radius 3 is 2.17 bits per heavy atom. The van der Waals surface area contributed by atoms with Crippen molar-refractivity contribution in [2.75, 3.05) is 19.7 Å². The summed E-state index contributed by atoms with van der Waals surface area (Å²) in [5, 5.41) is 0. The summed E-state index contributed by atoms with van der Waals surface area (Å²) in [7, 11) is 0. The maximum Gasteiger partial charge on any atom is 0.333 e. The number of carbonyl (C=O) groups excluding carboxylic acids is 3. The molecule has 0 bridgehead atoms. The predicted octanol–water partition coefficient (Wildman–Crippen LogP) is 1.00. The molecule has 0 atom stereocenters. The molecular formula is C12H20N2O4. The summed E-state index contributed by atoms with van der Waals surface area (Å²) in [4.78, 5) is 37.4. The van der Waals surface area contributed by atoms with Crippen LogP contribution in [0.1, 0.15) is 33.6 Å². The molecule has 0 radical (unpaired) electrons. The lowest BCUT2D eigenvalue weighted by Gasteiger charge is -2.32. The highest BCUT2D eigenvalue weighted by Crippen LogP contribution is 2.12. The van der Waals surface area contributed by atoms with Crippen molar-refractivity contribution in [1.82, 2.24) is 9.80 Å². The molecule has 1 heterocycles. The monoisotopic (exact) mass is 256 g/mol. The summed E-state index contributed by atoms with van der Waals surface area (Å²) >= 11 is 0. The Labute approximate surface area is 107 Å². The van der Waals surface area contributed by atoms with Gasteiger partial charge in [0.05, 0.1) is 19.3 Å². The van der Waals surface area contributed by atoms with Crippen molar-refractivity contribution < 1.29 is 19.1 Å². The first-order chi connectivity index (χ1) is 8.47. The van der Waals surface area contributed by atoms with Crippen LogP contribution in [0.25, 0.3) is 0 Å². The molecule has 1 fully saturated rings. The van der Waals surface area contributed by atoms with E-state index in [2.05, 4.69) is 0 Å². The molecule has 1 rings (SSSR count). The van der Waals surface area contributed by atoms with Crippen molar-refractivity contribution in [3.63, 3.8) is 0 Å². The van der Waals surface area contributed by atoms with E-state index in [1.165, 1.54) is 0 Å². The van der Waals surface area contributed by atoms with Crippen LogP contribution in [0.3, 0.4) is 0 Å². The number of nitrogens with zero attached hydrogens (tertiary/aromatic N) is 2. The molecule has 4 amide bonds. The minimum absolute atomic E-state index is 0.0494. The number of carbonyl (C=O) groups is 3. The first-order valence-corrected chi connectivity index (χ1v) is 6.23. The van der Waals surface area contributed by atoms with E-state index in [1.54, 1.807) is 0 Å². The molecule has 0 aromatic carbocycles. The predicted molar refractivity (Wildman–Crippen MR) is 64.8 cm³/mol. The summed E-state index contributed by atoms with van der Waals surface area (Å²) in [5.41, 5.74) is 0. The normalized spacial score (nSPS) is 17.0. The average molecular weight is 256 g/mol. The fourth-order valence-electron chi connectivity index (χ4n) is 1.72. The van der Waals surface area contributed by atoms with Gasteiger partial charge in [-0.1, -0.05) is 6.92 Å². The van der Waals surface area contributed by atoms with E-state index < -0.39 is 17.8 Å². The largest absolute Gasteiger partial charge is 0.377 e. The van der Waals surface area contributed by atoms with Gasteiger partial charge in [-0.15, -0.1) is 0 Å². The van der Waals surface area contributed by atoms with Gasteiger partial charge in [-0.05, 0) is 20.3 Å². The van der Waals surface area contributed by atoms with Gasteiger partial charge in [-0.2, -0.15) is 0 Å². The molecule has 0 aromatic rings. The molecule has 18 heavy (non-hydrogen) atoms. The zero-order valence-electron chi connectivity index (χ0n) is 11.1. The van der Waals surface area contributed by atoms with E-state index in [1.807, 2.05) is 20.8 Å². The Morgan fingerprint density at radius 2 is 1.67 bits per heavy atom. The third-order valence-corrected chi connectivity index (χ3v) is 2.58. The van der Waals surface area contributed by atoms with Crippen molar-refractivity contribution in [2.24, 2.45) is 0 Å². The zero-order valence-corrected chi connectivity index (χ0v) is 11.1. The van der Waals surface area contributed by atoms with Crippen LogP contribution in [0.15, 0.2) is 0 Å². The number of hydrogen-bond donors (Lipinski definition) is 0. The third-order valence-electron chi connectivity index (χ3n) is 2.58. The van der Waals surface area contributed by atoms with Crippen molar-refractivity contribution in [2.45, 2.75) is 39.7 Å². The van der Waals surface area contributed by atoms with Gasteiger partial charge in [-0.25, -0.2) is 4.79 Å². The molecule has 6 heteroatoms. The van der Waals surface area contributed by atoms with Gasteiger partial charge in [-0.3, -0.25) is 19.4 Å². The van der Waals surface area contributed by atoms with Crippen LogP contribution in [-0.4, -0.2) is 53.4 Å². The summed E-state index contributed by atoms with van der Waals surface area (Å²) in [6.07, 6.45) is 0.503. The van der Waals surface area contributed by atoms with E-state index in [-0.39, 0.29) is 19.1 Å². The molecule has 0 aliphatic carbocycles. The van der Waals surface area contributed by atoms with Crippen LogP contribution in [0.5, 0.6) is 0 Å². The quantitative estimate of drug-likeness (QED) is 0.665. The molecule has 1 aliphatic rings. The lowest BCUT2D eigenvalue weighted by atomic mass is 10.2. The van der Waals surface area contributed by atoms with Crippen molar-refractivity contribution in [3.8, 4) is 0 Å². The Hall–Kier alpha value is -1.43. The Morgan fingerprint density at radius 1 is 1.11 bits per heavy atom. The van der Waals surface area contributed by atoms with Gasteiger partial charge >= 0.3 is 6.03 Å². The van der Waals surface area contributed by atoms with Gasteiger partial charge in [0.1, 0.15) is 6.42 Å². The maximum atomic E-state index is 12.0. The average Bonchev–Trinajstić information content (AvgIpc) is 2.28. The molecule has 102 valence electrons. The molecule has 0 N–H and O–H groups in total. The number of amides is 4. The minimum Gasteiger partial charge on any atom is -0.377 e. The van der Waals surface area contributed by atoms with Crippen LogP contribution in [0.2, 0.25) is 0 Å². The van der Waals surface area contributed by atoms with Crippen molar-refractivity contribution in [1.29, 1.82) is 0 Å². The smallest absolute Gasteiger partial charge is 0.333 e. The van der Waals surface area contributed by atoms with E-state index >= 15 is 0 Å². The number of imide groups is 2. The molecule has 6 nitrogen and oxygen atoms in total. The second-order valence-corrected chi connectivity index (χ2v) is 4.47. The summed E-state index contributed by atoms with van der Waals surface area (Å²) in [6, 6.07) is -0.523. The Bertz CT molecular complexity index is 341. The highest BCUT2D eigenvalue weighted by atomic mass is 16.5. The first kappa shape index (κ1) is 14.6. The molecule has 0 spiro atoms. The lowest BCUT2D eigenvalue weighted by molar-refractivity contribution is -0.143. The van der Waals surface area contributed by atoms with Crippen LogP contribution < -0.4 is 0 Å². The highest BCUT2D eigenvalue weighted by Gasteiger charge is 2.36. The third kappa shape index (κ3) is 3.53. The van der Waals surface area contributed by atoms with Gasteiger partial charge in [0.15, 0.2) is 0 Å². The molecule has 0 unspecified atom stereocenters. The fourth-order valence-corrected chi connectivity index (χ4v) is 1.72. The van der Waals surface area contributed by atoms with Crippen LogP contribution >= 0.6 is 0 Å². The standard InChI is InChI=1S/C12H20N2O4/c1-4-5-13-10(15)8-11(16)14(12(13)17)6-7-18-9(2)3/h9H,4-8H2,1-3H3.